The highest BCUT2D eigenvalue weighted by molar-refractivity contribution is 5.50. The lowest BCUT2D eigenvalue weighted by Gasteiger charge is -2.26. The van der Waals surface area contributed by atoms with Crippen LogP contribution in [0.1, 0.15) is 25.0 Å². The monoisotopic (exact) mass is 275 g/mol. The minimum absolute atomic E-state index is 0.155. The van der Waals surface area contributed by atoms with Crippen LogP contribution < -0.4 is 5.32 Å². The van der Waals surface area contributed by atoms with Crippen LogP contribution in [-0.4, -0.2) is 41.0 Å². The van der Waals surface area contributed by atoms with Crippen LogP contribution in [0.3, 0.4) is 0 Å². The number of anilines is 1. The average molecular weight is 275 g/mol. The third-order valence-corrected chi connectivity index (χ3v) is 3.36. The number of hydrogen-bond acceptors (Lipinski definition) is 6. The number of rotatable bonds is 5. The largest absolute Gasteiger partial charge is 0.369 e. The second-order valence-corrected chi connectivity index (χ2v) is 4.76. The van der Waals surface area contributed by atoms with E-state index in [4.69, 9.17) is 5.26 Å². The molecule has 0 aliphatic carbocycles. The van der Waals surface area contributed by atoms with E-state index in [9.17, 15) is 10.1 Å². The molecule has 7 nitrogen and oxygen atoms in total. The van der Waals surface area contributed by atoms with Crippen molar-refractivity contribution in [2.24, 2.45) is 0 Å². The molecule has 1 saturated heterocycles. The first-order valence-electron chi connectivity index (χ1n) is 6.72. The summed E-state index contributed by atoms with van der Waals surface area (Å²) in [7, 11) is 0. The van der Waals surface area contributed by atoms with Gasteiger partial charge < -0.3 is 10.2 Å². The molecule has 1 fully saturated rings. The molecular weight excluding hydrogens is 258 g/mol. The predicted molar refractivity (Wildman–Crippen MR) is 74.4 cm³/mol. The topological polar surface area (TPSA) is 95.1 Å². The van der Waals surface area contributed by atoms with Gasteiger partial charge in [0, 0.05) is 19.2 Å². The Morgan fingerprint density at radius 3 is 2.80 bits per heavy atom. The Hall–Kier alpha value is -2.20. The summed E-state index contributed by atoms with van der Waals surface area (Å²) >= 11 is 0. The standard InChI is InChI=1S/C13H17N5O2/c14-10-11-12(18(19)20)4-5-13(16-11)15-6-9-17-7-2-1-3-8-17/h4-5H,1-3,6-9H2,(H,15,16). The van der Waals surface area contributed by atoms with E-state index in [1.54, 1.807) is 6.07 Å². The zero-order chi connectivity index (χ0) is 14.4. The molecule has 0 saturated carbocycles. The second-order valence-electron chi connectivity index (χ2n) is 4.76. The maximum atomic E-state index is 10.7. The maximum Gasteiger partial charge on any atom is 0.305 e. The fourth-order valence-corrected chi connectivity index (χ4v) is 2.30. The van der Waals surface area contributed by atoms with Crippen LogP contribution in [0.25, 0.3) is 0 Å². The molecule has 1 aromatic rings. The zero-order valence-corrected chi connectivity index (χ0v) is 11.2. The minimum Gasteiger partial charge on any atom is -0.369 e. The van der Waals surface area contributed by atoms with Crippen molar-refractivity contribution in [3.63, 3.8) is 0 Å². The fraction of sp³-hybridized carbons (Fsp3) is 0.538. The summed E-state index contributed by atoms with van der Waals surface area (Å²) in [5.41, 5.74) is -0.410. The highest BCUT2D eigenvalue weighted by Crippen LogP contribution is 2.18. The second kappa shape index (κ2) is 6.82. The summed E-state index contributed by atoms with van der Waals surface area (Å²) in [6.07, 6.45) is 3.79. The first-order valence-corrected chi connectivity index (χ1v) is 6.72. The van der Waals surface area contributed by atoms with Crippen LogP contribution in [0.2, 0.25) is 0 Å². The molecule has 1 aliphatic heterocycles. The van der Waals surface area contributed by atoms with Crippen molar-refractivity contribution < 1.29 is 4.92 Å². The van der Waals surface area contributed by atoms with E-state index in [2.05, 4.69) is 15.2 Å². The van der Waals surface area contributed by atoms with Crippen LogP contribution in [0.5, 0.6) is 0 Å². The van der Waals surface area contributed by atoms with Crippen LogP contribution in [-0.2, 0) is 0 Å². The van der Waals surface area contributed by atoms with Gasteiger partial charge in [-0.2, -0.15) is 5.26 Å². The van der Waals surface area contributed by atoms with Crippen LogP contribution in [0, 0.1) is 21.4 Å². The number of nitro groups is 1. The summed E-state index contributed by atoms with van der Waals surface area (Å²) < 4.78 is 0. The van der Waals surface area contributed by atoms with Crippen molar-refractivity contribution in [3.8, 4) is 6.07 Å². The summed E-state index contributed by atoms with van der Waals surface area (Å²) in [5.74, 6) is 0.504. The SMILES string of the molecule is N#Cc1nc(NCCN2CCCCC2)ccc1[N+](=O)[O-]. The van der Waals surface area contributed by atoms with Crippen molar-refractivity contribution in [1.82, 2.24) is 9.88 Å². The number of aromatic nitrogens is 1. The smallest absolute Gasteiger partial charge is 0.305 e. The summed E-state index contributed by atoms with van der Waals surface area (Å²) in [5, 5.41) is 22.7. The molecule has 2 rings (SSSR count). The summed E-state index contributed by atoms with van der Waals surface area (Å²) in [6.45, 7) is 3.88. The summed E-state index contributed by atoms with van der Waals surface area (Å²) in [4.78, 5) is 16.5. The van der Waals surface area contributed by atoms with Gasteiger partial charge in [-0.05, 0) is 32.0 Å². The van der Waals surface area contributed by atoms with Crippen LogP contribution >= 0.6 is 0 Å². The number of likely N-dealkylation sites (tertiary alicyclic amines) is 1. The van der Waals surface area contributed by atoms with Crippen LogP contribution in [0.4, 0.5) is 11.5 Å². The normalized spacial score (nSPS) is 15.6. The van der Waals surface area contributed by atoms with Gasteiger partial charge in [0.05, 0.1) is 4.92 Å². The molecule has 0 aromatic carbocycles. The van der Waals surface area contributed by atoms with E-state index >= 15 is 0 Å². The van der Waals surface area contributed by atoms with Crippen molar-refractivity contribution >= 4 is 11.5 Å². The molecule has 0 atom stereocenters. The fourth-order valence-electron chi connectivity index (χ4n) is 2.30. The number of nitrogens with one attached hydrogen (secondary N) is 1. The van der Waals surface area contributed by atoms with Gasteiger partial charge in [0.1, 0.15) is 11.9 Å². The highest BCUT2D eigenvalue weighted by atomic mass is 16.6. The third kappa shape index (κ3) is 3.65. The number of pyridine rings is 1. The van der Waals surface area contributed by atoms with Gasteiger partial charge in [0.25, 0.3) is 0 Å². The maximum absolute atomic E-state index is 10.7. The molecule has 20 heavy (non-hydrogen) atoms. The van der Waals surface area contributed by atoms with Gasteiger partial charge in [-0.15, -0.1) is 0 Å². The lowest BCUT2D eigenvalue weighted by atomic mass is 10.1. The molecule has 2 heterocycles. The van der Waals surface area contributed by atoms with Crippen molar-refractivity contribution in [1.29, 1.82) is 5.26 Å². The number of hydrogen-bond donors (Lipinski definition) is 1. The van der Waals surface area contributed by atoms with Gasteiger partial charge in [-0.25, -0.2) is 4.98 Å². The molecule has 1 aliphatic rings. The van der Waals surface area contributed by atoms with Gasteiger partial charge >= 0.3 is 5.69 Å². The first-order chi connectivity index (χ1) is 9.70. The quantitative estimate of drug-likeness (QED) is 0.650. The molecule has 1 aromatic heterocycles. The minimum atomic E-state index is -0.594. The predicted octanol–water partition coefficient (Wildman–Crippen LogP) is 1.76. The molecule has 106 valence electrons. The Bertz CT molecular complexity index is 520. The van der Waals surface area contributed by atoms with Gasteiger partial charge in [-0.3, -0.25) is 10.1 Å². The average Bonchev–Trinajstić information content (AvgIpc) is 2.48. The first kappa shape index (κ1) is 14.2. The molecule has 1 N–H and O–H groups in total. The van der Waals surface area contributed by atoms with E-state index < -0.39 is 4.92 Å². The lowest BCUT2D eigenvalue weighted by Crippen LogP contribution is -2.33. The van der Waals surface area contributed by atoms with E-state index in [0.29, 0.717) is 5.82 Å². The number of nitriles is 1. The molecule has 0 amide bonds. The van der Waals surface area contributed by atoms with E-state index in [0.717, 1.165) is 26.2 Å². The third-order valence-electron chi connectivity index (χ3n) is 3.36. The molecule has 0 unspecified atom stereocenters. The molecular formula is C13H17N5O2. The van der Waals surface area contributed by atoms with Crippen molar-refractivity contribution in [3.05, 3.63) is 27.9 Å². The Balaban J connectivity index is 1.90. The molecule has 7 heteroatoms. The zero-order valence-electron chi connectivity index (χ0n) is 11.2. The number of piperidine rings is 1. The molecule has 0 bridgehead atoms. The Labute approximate surface area is 117 Å². The van der Waals surface area contributed by atoms with Gasteiger partial charge in [-0.1, -0.05) is 6.42 Å². The number of nitrogens with zero attached hydrogens (tertiary/aromatic N) is 4. The summed E-state index contributed by atoms with van der Waals surface area (Å²) in [6, 6.07) is 4.61. The lowest BCUT2D eigenvalue weighted by molar-refractivity contribution is -0.385. The van der Waals surface area contributed by atoms with E-state index in [1.807, 2.05) is 0 Å². The Morgan fingerprint density at radius 2 is 2.15 bits per heavy atom. The molecule has 0 spiro atoms. The molecule has 0 radical (unpaired) electrons. The Morgan fingerprint density at radius 1 is 1.40 bits per heavy atom. The van der Waals surface area contributed by atoms with E-state index in [1.165, 1.54) is 31.4 Å². The highest BCUT2D eigenvalue weighted by Gasteiger charge is 2.15. The Kier molecular flexibility index (Phi) is 4.85. The van der Waals surface area contributed by atoms with Crippen LogP contribution in [0.15, 0.2) is 12.1 Å². The van der Waals surface area contributed by atoms with Crippen molar-refractivity contribution in [2.75, 3.05) is 31.5 Å². The van der Waals surface area contributed by atoms with E-state index in [-0.39, 0.29) is 11.4 Å². The van der Waals surface area contributed by atoms with Gasteiger partial charge in [0.15, 0.2) is 0 Å². The van der Waals surface area contributed by atoms with Gasteiger partial charge in [0.2, 0.25) is 5.69 Å². The van der Waals surface area contributed by atoms with Crippen molar-refractivity contribution in [2.45, 2.75) is 19.3 Å².